The van der Waals surface area contributed by atoms with Crippen LogP contribution < -0.4 is 5.73 Å². The van der Waals surface area contributed by atoms with E-state index in [1.54, 1.807) is 11.3 Å². The number of thiazole rings is 1. The Morgan fingerprint density at radius 1 is 1.69 bits per heavy atom. The van der Waals surface area contributed by atoms with Crippen LogP contribution in [0.25, 0.3) is 0 Å². The normalized spacial score (nSPS) is 22.9. The van der Waals surface area contributed by atoms with Gasteiger partial charge < -0.3 is 10.5 Å². The summed E-state index contributed by atoms with van der Waals surface area (Å²) < 4.78 is 5.77. The van der Waals surface area contributed by atoms with E-state index >= 15 is 0 Å². The van der Waals surface area contributed by atoms with Gasteiger partial charge in [0.25, 0.3) is 0 Å². The lowest BCUT2D eigenvalue weighted by molar-refractivity contribution is -0.0402. The minimum atomic E-state index is 0.126. The number of hydrogen-bond acceptors (Lipinski definition) is 5. The minimum absolute atomic E-state index is 0.126. The molecule has 0 spiro atoms. The second-order valence-electron chi connectivity index (χ2n) is 4.32. The highest BCUT2D eigenvalue weighted by Crippen LogP contribution is 2.26. The van der Waals surface area contributed by atoms with E-state index in [0.29, 0.717) is 12.6 Å². The predicted molar refractivity (Wildman–Crippen MR) is 65.4 cm³/mol. The van der Waals surface area contributed by atoms with Crippen LogP contribution in [0.2, 0.25) is 0 Å². The molecule has 4 nitrogen and oxygen atoms in total. The molecule has 0 bridgehead atoms. The van der Waals surface area contributed by atoms with Crippen LogP contribution in [0.3, 0.4) is 0 Å². The van der Waals surface area contributed by atoms with E-state index in [-0.39, 0.29) is 6.10 Å². The molecule has 16 heavy (non-hydrogen) atoms. The van der Waals surface area contributed by atoms with Crippen molar-refractivity contribution in [2.45, 2.75) is 32.5 Å². The molecule has 1 aliphatic rings. The molecule has 1 aromatic heterocycles. The zero-order valence-corrected chi connectivity index (χ0v) is 10.7. The summed E-state index contributed by atoms with van der Waals surface area (Å²) in [5, 5.41) is 1.06. The summed E-state index contributed by atoms with van der Waals surface area (Å²) >= 11 is 1.67. The van der Waals surface area contributed by atoms with Gasteiger partial charge in [-0.15, -0.1) is 11.3 Å². The van der Waals surface area contributed by atoms with Crippen molar-refractivity contribution in [2.24, 2.45) is 5.73 Å². The van der Waals surface area contributed by atoms with Gasteiger partial charge in [-0.1, -0.05) is 0 Å². The van der Waals surface area contributed by atoms with Crippen LogP contribution in [0.4, 0.5) is 0 Å². The smallest absolute Gasteiger partial charge is 0.123 e. The summed E-state index contributed by atoms with van der Waals surface area (Å²) in [4.78, 5) is 7.94. The van der Waals surface area contributed by atoms with Gasteiger partial charge in [0.2, 0.25) is 0 Å². The summed E-state index contributed by atoms with van der Waals surface area (Å²) in [6.07, 6.45) is 1.99. The number of nitrogens with zero attached hydrogens (tertiary/aromatic N) is 2. The molecule has 90 valence electrons. The number of nitrogens with two attached hydrogens (primary N) is 1. The fourth-order valence-corrected chi connectivity index (χ4v) is 2.69. The second-order valence-corrected chi connectivity index (χ2v) is 5.46. The predicted octanol–water partition coefficient (Wildman–Crippen LogP) is 1.38. The summed E-state index contributed by atoms with van der Waals surface area (Å²) in [7, 11) is 0. The quantitative estimate of drug-likeness (QED) is 0.868. The zero-order valence-electron chi connectivity index (χ0n) is 9.85. The van der Waals surface area contributed by atoms with Crippen molar-refractivity contribution in [1.29, 1.82) is 0 Å². The third-order valence-corrected chi connectivity index (χ3v) is 3.99. The molecule has 5 heteroatoms. The Hall–Kier alpha value is -0.490. The first kappa shape index (κ1) is 12.0. The first-order valence-corrected chi connectivity index (χ1v) is 6.52. The van der Waals surface area contributed by atoms with E-state index in [1.165, 1.54) is 0 Å². The average Bonchev–Trinajstić information content (AvgIpc) is 2.77. The lowest BCUT2D eigenvalue weighted by Crippen LogP contribution is -2.42. The molecule has 2 heterocycles. The van der Waals surface area contributed by atoms with E-state index in [2.05, 4.69) is 23.7 Å². The molecular formula is C11H19N3OS. The van der Waals surface area contributed by atoms with E-state index in [0.717, 1.165) is 29.6 Å². The van der Waals surface area contributed by atoms with E-state index < -0.39 is 0 Å². The van der Waals surface area contributed by atoms with Gasteiger partial charge >= 0.3 is 0 Å². The first-order chi connectivity index (χ1) is 7.70. The molecular weight excluding hydrogens is 222 g/mol. The Balaban J connectivity index is 2.03. The van der Waals surface area contributed by atoms with Crippen molar-refractivity contribution in [1.82, 2.24) is 9.88 Å². The molecule has 1 unspecified atom stereocenters. The third-order valence-electron chi connectivity index (χ3n) is 2.88. The molecule has 0 amide bonds. The van der Waals surface area contributed by atoms with Crippen LogP contribution in [0.15, 0.2) is 6.20 Å². The standard InChI is InChI=1S/C11H19N3OS/c1-8(2)14-3-4-15-10(7-14)11-13-6-9(5-12)16-11/h6,8,10H,3-5,7,12H2,1-2H3. The summed E-state index contributed by atoms with van der Waals surface area (Å²) in [6, 6.07) is 0.570. The molecule has 1 fully saturated rings. The van der Waals surface area contributed by atoms with Crippen molar-refractivity contribution in [3.8, 4) is 0 Å². The van der Waals surface area contributed by atoms with Gasteiger partial charge in [-0.2, -0.15) is 0 Å². The Morgan fingerprint density at radius 2 is 2.50 bits per heavy atom. The van der Waals surface area contributed by atoms with Gasteiger partial charge in [-0.25, -0.2) is 4.98 Å². The zero-order chi connectivity index (χ0) is 11.5. The summed E-state index contributed by atoms with van der Waals surface area (Å²) in [5.41, 5.74) is 5.59. The highest BCUT2D eigenvalue weighted by atomic mass is 32.1. The Kier molecular flexibility index (Phi) is 3.91. The van der Waals surface area contributed by atoms with Crippen LogP contribution in [0, 0.1) is 0 Å². The molecule has 0 radical (unpaired) electrons. The molecule has 1 aliphatic heterocycles. The Labute approximate surface area is 100 Å². The molecule has 2 rings (SSSR count). The van der Waals surface area contributed by atoms with Crippen molar-refractivity contribution in [3.63, 3.8) is 0 Å². The van der Waals surface area contributed by atoms with Crippen LogP contribution in [-0.2, 0) is 11.3 Å². The SMILES string of the molecule is CC(C)N1CCOC(c2ncc(CN)s2)C1. The Bertz CT molecular complexity index is 340. The minimum Gasteiger partial charge on any atom is -0.368 e. The summed E-state index contributed by atoms with van der Waals surface area (Å²) in [6.45, 7) is 7.75. The van der Waals surface area contributed by atoms with Crippen molar-refractivity contribution < 1.29 is 4.74 Å². The number of rotatable bonds is 3. The topological polar surface area (TPSA) is 51.4 Å². The monoisotopic (exact) mass is 241 g/mol. The number of ether oxygens (including phenoxy) is 1. The maximum absolute atomic E-state index is 5.77. The molecule has 2 N–H and O–H groups in total. The second kappa shape index (κ2) is 5.23. The number of morpholine rings is 1. The van der Waals surface area contributed by atoms with E-state index in [1.807, 2.05) is 6.20 Å². The van der Waals surface area contributed by atoms with Crippen LogP contribution in [-0.4, -0.2) is 35.6 Å². The van der Waals surface area contributed by atoms with Crippen molar-refractivity contribution in [3.05, 3.63) is 16.1 Å². The molecule has 1 aromatic rings. The van der Waals surface area contributed by atoms with Gasteiger partial charge in [-0.05, 0) is 13.8 Å². The fourth-order valence-electron chi connectivity index (χ4n) is 1.85. The highest BCUT2D eigenvalue weighted by Gasteiger charge is 2.25. The lowest BCUT2D eigenvalue weighted by Gasteiger charge is -2.34. The van der Waals surface area contributed by atoms with E-state index in [9.17, 15) is 0 Å². The van der Waals surface area contributed by atoms with Gasteiger partial charge in [0, 0.05) is 36.8 Å². The molecule has 0 saturated carbocycles. The molecule has 0 aromatic carbocycles. The number of hydrogen-bond donors (Lipinski definition) is 1. The van der Waals surface area contributed by atoms with Gasteiger partial charge in [0.15, 0.2) is 0 Å². The van der Waals surface area contributed by atoms with Crippen molar-refractivity contribution >= 4 is 11.3 Å². The van der Waals surface area contributed by atoms with Crippen LogP contribution >= 0.6 is 11.3 Å². The first-order valence-electron chi connectivity index (χ1n) is 5.71. The molecule has 1 atom stereocenters. The van der Waals surface area contributed by atoms with Gasteiger partial charge in [0.05, 0.1) is 6.61 Å². The van der Waals surface area contributed by atoms with Crippen LogP contribution in [0.1, 0.15) is 29.8 Å². The molecule has 0 aliphatic carbocycles. The number of aromatic nitrogens is 1. The fraction of sp³-hybridized carbons (Fsp3) is 0.727. The Morgan fingerprint density at radius 3 is 3.12 bits per heavy atom. The lowest BCUT2D eigenvalue weighted by atomic mass is 10.2. The summed E-state index contributed by atoms with van der Waals surface area (Å²) in [5.74, 6) is 0. The molecule has 1 saturated heterocycles. The largest absolute Gasteiger partial charge is 0.368 e. The maximum Gasteiger partial charge on any atom is 0.123 e. The van der Waals surface area contributed by atoms with Crippen molar-refractivity contribution in [2.75, 3.05) is 19.7 Å². The third kappa shape index (κ3) is 2.60. The average molecular weight is 241 g/mol. The van der Waals surface area contributed by atoms with Gasteiger partial charge in [0.1, 0.15) is 11.1 Å². The highest BCUT2D eigenvalue weighted by molar-refractivity contribution is 7.11. The van der Waals surface area contributed by atoms with Gasteiger partial charge in [-0.3, -0.25) is 4.90 Å². The van der Waals surface area contributed by atoms with E-state index in [4.69, 9.17) is 10.5 Å². The van der Waals surface area contributed by atoms with Crippen LogP contribution in [0.5, 0.6) is 0 Å². The maximum atomic E-state index is 5.77.